The SMILES string of the molecule is O=C(CC(=O)Nc1cc(Cl)cc(Cl)c1)NCCc1ccccc1. The number of benzene rings is 2. The first kappa shape index (κ1) is 17.3. The van der Waals surface area contributed by atoms with Crippen LogP contribution in [0.25, 0.3) is 0 Å². The van der Waals surface area contributed by atoms with Gasteiger partial charge in [0.25, 0.3) is 0 Å². The molecule has 6 heteroatoms. The topological polar surface area (TPSA) is 58.2 Å². The van der Waals surface area contributed by atoms with Crippen LogP contribution in [0.4, 0.5) is 5.69 Å². The van der Waals surface area contributed by atoms with Gasteiger partial charge in [-0.1, -0.05) is 53.5 Å². The summed E-state index contributed by atoms with van der Waals surface area (Å²) in [6, 6.07) is 14.5. The van der Waals surface area contributed by atoms with Crippen LogP contribution in [0.5, 0.6) is 0 Å². The quantitative estimate of drug-likeness (QED) is 0.780. The van der Waals surface area contributed by atoms with Gasteiger partial charge in [0, 0.05) is 22.3 Å². The zero-order valence-corrected chi connectivity index (χ0v) is 13.8. The van der Waals surface area contributed by atoms with Crippen molar-refractivity contribution in [3.63, 3.8) is 0 Å². The van der Waals surface area contributed by atoms with Crippen LogP contribution in [0.3, 0.4) is 0 Å². The average molecular weight is 351 g/mol. The average Bonchev–Trinajstić information content (AvgIpc) is 2.47. The summed E-state index contributed by atoms with van der Waals surface area (Å²) in [6.45, 7) is 0.485. The van der Waals surface area contributed by atoms with E-state index in [2.05, 4.69) is 10.6 Å². The van der Waals surface area contributed by atoms with Crippen molar-refractivity contribution >= 4 is 40.7 Å². The van der Waals surface area contributed by atoms with Gasteiger partial charge in [0.1, 0.15) is 6.42 Å². The summed E-state index contributed by atoms with van der Waals surface area (Å²) in [6.07, 6.45) is 0.469. The summed E-state index contributed by atoms with van der Waals surface area (Å²) in [4.78, 5) is 23.6. The third kappa shape index (κ3) is 6.30. The second-order valence-corrected chi connectivity index (χ2v) is 5.84. The Morgan fingerprint density at radius 2 is 1.57 bits per heavy atom. The first-order valence-corrected chi connectivity index (χ1v) is 7.85. The lowest BCUT2D eigenvalue weighted by Crippen LogP contribution is -2.29. The van der Waals surface area contributed by atoms with E-state index in [-0.39, 0.29) is 12.3 Å². The summed E-state index contributed by atoms with van der Waals surface area (Å²) in [5.74, 6) is -0.743. The fourth-order valence-corrected chi connectivity index (χ4v) is 2.56. The monoisotopic (exact) mass is 350 g/mol. The van der Waals surface area contributed by atoms with Crippen LogP contribution in [0.2, 0.25) is 10.0 Å². The fraction of sp³-hybridized carbons (Fsp3) is 0.176. The Morgan fingerprint density at radius 3 is 2.22 bits per heavy atom. The van der Waals surface area contributed by atoms with Crippen LogP contribution in [0, 0.1) is 0 Å². The maximum Gasteiger partial charge on any atom is 0.233 e. The van der Waals surface area contributed by atoms with Crippen LogP contribution >= 0.6 is 23.2 Å². The molecule has 0 aliphatic heterocycles. The first-order chi connectivity index (χ1) is 11.0. The van der Waals surface area contributed by atoms with Gasteiger partial charge >= 0.3 is 0 Å². The largest absolute Gasteiger partial charge is 0.355 e. The van der Waals surface area contributed by atoms with Crippen molar-refractivity contribution in [2.24, 2.45) is 0 Å². The molecule has 2 aromatic rings. The summed E-state index contributed by atoms with van der Waals surface area (Å²) in [5.41, 5.74) is 1.59. The molecule has 0 radical (unpaired) electrons. The van der Waals surface area contributed by atoms with E-state index in [9.17, 15) is 9.59 Å². The zero-order valence-electron chi connectivity index (χ0n) is 12.3. The number of amides is 2. The van der Waals surface area contributed by atoms with Gasteiger partial charge in [0.2, 0.25) is 11.8 Å². The number of rotatable bonds is 6. The maximum absolute atomic E-state index is 11.8. The summed E-state index contributed by atoms with van der Waals surface area (Å²) in [7, 11) is 0. The lowest BCUT2D eigenvalue weighted by molar-refractivity contribution is -0.126. The number of hydrogen-bond donors (Lipinski definition) is 2. The van der Waals surface area contributed by atoms with Crippen LogP contribution in [0.1, 0.15) is 12.0 Å². The molecule has 2 N–H and O–H groups in total. The van der Waals surface area contributed by atoms with Crippen LogP contribution in [-0.4, -0.2) is 18.4 Å². The van der Waals surface area contributed by atoms with E-state index >= 15 is 0 Å². The molecule has 0 aliphatic carbocycles. The number of nitrogens with one attached hydrogen (secondary N) is 2. The van der Waals surface area contributed by atoms with E-state index in [4.69, 9.17) is 23.2 Å². The van der Waals surface area contributed by atoms with Crippen molar-refractivity contribution in [2.45, 2.75) is 12.8 Å². The van der Waals surface area contributed by atoms with E-state index in [1.807, 2.05) is 30.3 Å². The molecule has 0 fully saturated rings. The van der Waals surface area contributed by atoms with Crippen molar-refractivity contribution in [3.8, 4) is 0 Å². The van der Waals surface area contributed by atoms with Crippen molar-refractivity contribution in [3.05, 3.63) is 64.1 Å². The first-order valence-electron chi connectivity index (χ1n) is 7.09. The molecule has 0 saturated carbocycles. The smallest absolute Gasteiger partial charge is 0.233 e. The zero-order chi connectivity index (χ0) is 16.7. The lowest BCUT2D eigenvalue weighted by Gasteiger charge is -2.07. The lowest BCUT2D eigenvalue weighted by atomic mass is 10.1. The Morgan fingerprint density at radius 1 is 0.913 bits per heavy atom. The minimum Gasteiger partial charge on any atom is -0.355 e. The standard InChI is InChI=1S/C17H16Cl2N2O2/c18-13-8-14(19)10-15(9-13)21-17(23)11-16(22)20-7-6-12-4-2-1-3-5-12/h1-5,8-10H,6-7,11H2,(H,20,22)(H,21,23). The van der Waals surface area contributed by atoms with Crippen molar-refractivity contribution in [1.82, 2.24) is 5.32 Å². The van der Waals surface area contributed by atoms with E-state index in [1.165, 1.54) is 0 Å². The molecular weight excluding hydrogens is 335 g/mol. The molecular formula is C17H16Cl2N2O2. The van der Waals surface area contributed by atoms with Crippen molar-refractivity contribution in [2.75, 3.05) is 11.9 Å². The predicted molar refractivity (Wildman–Crippen MR) is 92.9 cm³/mol. The Balaban J connectivity index is 1.75. The third-order valence-electron chi connectivity index (χ3n) is 3.05. The molecule has 0 saturated heterocycles. The molecule has 0 aromatic heterocycles. The van der Waals surface area contributed by atoms with E-state index < -0.39 is 5.91 Å². The highest BCUT2D eigenvalue weighted by Crippen LogP contribution is 2.22. The molecule has 0 unspecified atom stereocenters. The van der Waals surface area contributed by atoms with Gasteiger partial charge in [-0.25, -0.2) is 0 Å². The molecule has 2 amide bonds. The second-order valence-electron chi connectivity index (χ2n) is 4.97. The number of carbonyl (C=O) groups excluding carboxylic acids is 2. The van der Waals surface area contributed by atoms with Gasteiger partial charge < -0.3 is 10.6 Å². The number of anilines is 1. The molecule has 0 bridgehead atoms. The highest BCUT2D eigenvalue weighted by atomic mass is 35.5. The highest BCUT2D eigenvalue weighted by Gasteiger charge is 2.10. The van der Waals surface area contributed by atoms with E-state index in [1.54, 1.807) is 18.2 Å². The Labute approximate surface area is 144 Å². The number of hydrogen-bond acceptors (Lipinski definition) is 2. The van der Waals surface area contributed by atoms with Crippen molar-refractivity contribution in [1.29, 1.82) is 0 Å². The van der Waals surface area contributed by atoms with Gasteiger partial charge in [-0.15, -0.1) is 0 Å². The fourth-order valence-electron chi connectivity index (χ4n) is 2.03. The molecule has 2 aromatic carbocycles. The van der Waals surface area contributed by atoms with Crippen molar-refractivity contribution < 1.29 is 9.59 Å². The van der Waals surface area contributed by atoms with Crippen LogP contribution in [-0.2, 0) is 16.0 Å². The van der Waals surface area contributed by atoms with Gasteiger partial charge in [-0.2, -0.15) is 0 Å². The molecule has 0 aliphatic rings. The molecule has 0 spiro atoms. The van der Waals surface area contributed by atoms with E-state index in [0.29, 0.717) is 22.3 Å². The van der Waals surface area contributed by atoms with Gasteiger partial charge in [-0.05, 0) is 30.2 Å². The Kier molecular flexibility index (Phi) is 6.44. The molecule has 23 heavy (non-hydrogen) atoms. The number of halogens is 2. The van der Waals surface area contributed by atoms with Gasteiger partial charge in [-0.3, -0.25) is 9.59 Å². The molecule has 2 rings (SSSR count). The minimum absolute atomic E-state index is 0.251. The molecule has 0 heterocycles. The van der Waals surface area contributed by atoms with Gasteiger partial charge in [0.05, 0.1) is 0 Å². The highest BCUT2D eigenvalue weighted by molar-refractivity contribution is 6.35. The third-order valence-corrected chi connectivity index (χ3v) is 3.48. The summed E-state index contributed by atoms with van der Waals surface area (Å²) in [5, 5.41) is 6.15. The van der Waals surface area contributed by atoms with Crippen LogP contribution in [0.15, 0.2) is 48.5 Å². The van der Waals surface area contributed by atoms with E-state index in [0.717, 1.165) is 12.0 Å². The molecule has 0 atom stereocenters. The Bertz CT molecular complexity index is 670. The number of carbonyl (C=O) groups is 2. The maximum atomic E-state index is 11.8. The summed E-state index contributed by atoms with van der Waals surface area (Å²) < 4.78 is 0. The van der Waals surface area contributed by atoms with Crippen LogP contribution < -0.4 is 10.6 Å². The normalized spacial score (nSPS) is 10.2. The second kappa shape index (κ2) is 8.56. The molecule has 4 nitrogen and oxygen atoms in total. The summed E-state index contributed by atoms with van der Waals surface area (Å²) >= 11 is 11.7. The minimum atomic E-state index is -0.416. The van der Waals surface area contributed by atoms with Gasteiger partial charge in [0.15, 0.2) is 0 Å². The Hall–Kier alpha value is -2.04. The molecule has 120 valence electrons. The predicted octanol–water partition coefficient (Wildman–Crippen LogP) is 3.68.